The van der Waals surface area contributed by atoms with Crippen LogP contribution in [0.5, 0.6) is 11.5 Å². The maximum Gasteiger partial charge on any atom is 0.268 e. The summed E-state index contributed by atoms with van der Waals surface area (Å²) in [6, 6.07) is 20.8. The summed E-state index contributed by atoms with van der Waals surface area (Å²) in [4.78, 5) is 12.7. The van der Waals surface area contributed by atoms with Crippen LogP contribution in [0.4, 0.5) is 5.13 Å². The van der Waals surface area contributed by atoms with E-state index in [0.29, 0.717) is 16.5 Å². The van der Waals surface area contributed by atoms with E-state index < -0.39 is 5.91 Å². The van der Waals surface area contributed by atoms with Crippen molar-refractivity contribution in [2.24, 2.45) is 0 Å². The van der Waals surface area contributed by atoms with Gasteiger partial charge in [-0.3, -0.25) is 10.1 Å². The number of rotatable bonds is 8. The van der Waals surface area contributed by atoms with Crippen molar-refractivity contribution < 1.29 is 14.3 Å². The highest BCUT2D eigenvalue weighted by atomic mass is 32.1. The van der Waals surface area contributed by atoms with Crippen LogP contribution in [0, 0.1) is 18.3 Å². The van der Waals surface area contributed by atoms with E-state index in [-0.39, 0.29) is 17.3 Å². The number of anilines is 1. The molecule has 1 amide bonds. The molecule has 1 N–H and O–H groups in total. The van der Waals surface area contributed by atoms with Crippen molar-refractivity contribution in [2.45, 2.75) is 13.5 Å². The van der Waals surface area contributed by atoms with Crippen molar-refractivity contribution in [1.82, 2.24) is 14.8 Å². The monoisotopic (exact) mass is 471 g/mol. The average Bonchev–Trinajstić information content (AvgIpc) is 3.51. The van der Waals surface area contributed by atoms with Crippen molar-refractivity contribution in [1.29, 1.82) is 5.26 Å². The van der Waals surface area contributed by atoms with E-state index in [1.807, 2.05) is 84.4 Å². The molecule has 0 saturated heterocycles. The molecular weight excluding hydrogens is 450 g/mol. The van der Waals surface area contributed by atoms with Gasteiger partial charge in [-0.25, -0.2) is 0 Å². The van der Waals surface area contributed by atoms with Gasteiger partial charge in [-0.2, -0.15) is 5.26 Å². The van der Waals surface area contributed by atoms with Gasteiger partial charge < -0.3 is 14.0 Å². The lowest BCUT2D eigenvalue weighted by molar-refractivity contribution is -0.112. The number of nitrogens with zero attached hydrogens (tertiary/aromatic N) is 4. The molecule has 170 valence electrons. The third-order valence-electron chi connectivity index (χ3n) is 4.91. The fourth-order valence-electron chi connectivity index (χ4n) is 3.24. The summed E-state index contributed by atoms with van der Waals surface area (Å²) >= 11 is 1.19. The summed E-state index contributed by atoms with van der Waals surface area (Å²) in [5.41, 5.74) is 2.40. The second-order valence-electron chi connectivity index (χ2n) is 7.15. The number of para-hydroxylation sites is 3. The molecule has 0 atom stereocenters. The highest BCUT2D eigenvalue weighted by molar-refractivity contribution is 7.15. The number of nitrogens with one attached hydrogen (secondary N) is 1. The number of hydrogen-bond donors (Lipinski definition) is 1. The first-order valence-electron chi connectivity index (χ1n) is 10.3. The number of carbonyl (C=O) groups excluding carboxylic acids is 1. The van der Waals surface area contributed by atoms with Gasteiger partial charge in [-0.05, 0) is 48.9 Å². The van der Waals surface area contributed by atoms with Crippen LogP contribution in [0.25, 0.3) is 11.8 Å². The molecule has 0 bridgehead atoms. The molecule has 0 aliphatic rings. The Morgan fingerprint density at radius 1 is 1.12 bits per heavy atom. The summed E-state index contributed by atoms with van der Waals surface area (Å²) in [6.07, 6.45) is 3.35. The van der Waals surface area contributed by atoms with Crippen LogP contribution in [0.15, 0.2) is 72.4 Å². The van der Waals surface area contributed by atoms with E-state index in [9.17, 15) is 10.1 Å². The molecule has 0 fully saturated rings. The molecule has 34 heavy (non-hydrogen) atoms. The zero-order valence-electron chi connectivity index (χ0n) is 18.6. The molecule has 4 aromatic rings. The lowest BCUT2D eigenvalue weighted by Gasteiger charge is -2.11. The molecule has 0 aliphatic heterocycles. The second-order valence-corrected chi connectivity index (χ2v) is 8.22. The summed E-state index contributed by atoms with van der Waals surface area (Å²) in [5.74, 6) is 0.861. The van der Waals surface area contributed by atoms with E-state index in [4.69, 9.17) is 9.47 Å². The molecule has 0 saturated carbocycles. The Kier molecular flexibility index (Phi) is 7.01. The van der Waals surface area contributed by atoms with Crippen LogP contribution >= 0.6 is 11.3 Å². The minimum absolute atomic E-state index is 0.0669. The van der Waals surface area contributed by atoms with Gasteiger partial charge in [0.2, 0.25) is 5.13 Å². The van der Waals surface area contributed by atoms with Crippen LogP contribution in [0.2, 0.25) is 0 Å². The van der Waals surface area contributed by atoms with Crippen molar-refractivity contribution in [3.63, 3.8) is 0 Å². The normalized spacial score (nSPS) is 11.0. The molecule has 0 unspecified atom stereocenters. The Hall–Kier alpha value is -4.42. The highest BCUT2D eigenvalue weighted by Gasteiger charge is 2.15. The minimum Gasteiger partial charge on any atom is -0.495 e. The highest BCUT2D eigenvalue weighted by Crippen LogP contribution is 2.25. The van der Waals surface area contributed by atoms with Crippen LogP contribution in [0.1, 0.15) is 16.3 Å². The van der Waals surface area contributed by atoms with Gasteiger partial charge in [0.1, 0.15) is 29.7 Å². The van der Waals surface area contributed by atoms with Gasteiger partial charge in [0.25, 0.3) is 5.91 Å². The standard InChI is InChI=1S/C25H21N5O3S/c1-17-8-3-5-11-21(17)33-16-23-28-29-25(34-23)27-24(31)18(15-26)14-19-9-7-13-30(19)20-10-4-6-12-22(20)32-2/h3-14H,16H2,1-2H3,(H,27,29,31)/b18-14-. The Morgan fingerprint density at radius 3 is 2.65 bits per heavy atom. The minimum atomic E-state index is -0.571. The number of amides is 1. The Bertz CT molecular complexity index is 1380. The Balaban J connectivity index is 1.47. The zero-order valence-corrected chi connectivity index (χ0v) is 19.4. The quantitative estimate of drug-likeness (QED) is 0.293. The number of hydrogen-bond acceptors (Lipinski definition) is 7. The first kappa shape index (κ1) is 22.8. The molecule has 2 aromatic carbocycles. The topological polar surface area (TPSA) is 102 Å². The van der Waals surface area contributed by atoms with Crippen molar-refractivity contribution in [3.05, 3.63) is 88.7 Å². The summed E-state index contributed by atoms with van der Waals surface area (Å²) in [5, 5.41) is 21.2. The van der Waals surface area contributed by atoms with E-state index in [1.165, 1.54) is 17.4 Å². The first-order valence-corrected chi connectivity index (χ1v) is 11.2. The summed E-state index contributed by atoms with van der Waals surface area (Å²) in [7, 11) is 1.59. The predicted molar refractivity (Wildman–Crippen MR) is 130 cm³/mol. The SMILES string of the molecule is COc1ccccc1-n1cccc1/C=C(/C#N)C(=O)Nc1nnc(COc2ccccc2C)s1. The number of methoxy groups -OCH3 is 1. The van der Waals surface area contributed by atoms with Crippen molar-refractivity contribution in [3.8, 4) is 23.3 Å². The first-order chi connectivity index (χ1) is 16.6. The summed E-state index contributed by atoms with van der Waals surface area (Å²) < 4.78 is 13.0. The predicted octanol–water partition coefficient (Wildman–Crippen LogP) is 4.77. The van der Waals surface area contributed by atoms with Crippen LogP contribution in [-0.4, -0.2) is 27.8 Å². The van der Waals surface area contributed by atoms with Gasteiger partial charge in [0.05, 0.1) is 12.8 Å². The largest absolute Gasteiger partial charge is 0.495 e. The lowest BCUT2D eigenvalue weighted by atomic mass is 10.2. The Labute approximate surface area is 200 Å². The van der Waals surface area contributed by atoms with Crippen LogP contribution < -0.4 is 14.8 Å². The van der Waals surface area contributed by atoms with Gasteiger partial charge in [-0.15, -0.1) is 10.2 Å². The van der Waals surface area contributed by atoms with Crippen LogP contribution in [-0.2, 0) is 11.4 Å². The van der Waals surface area contributed by atoms with E-state index in [2.05, 4.69) is 15.5 Å². The van der Waals surface area contributed by atoms with Crippen LogP contribution in [0.3, 0.4) is 0 Å². The van der Waals surface area contributed by atoms with Gasteiger partial charge in [0.15, 0.2) is 5.01 Å². The van der Waals surface area contributed by atoms with E-state index >= 15 is 0 Å². The number of ether oxygens (including phenoxy) is 2. The third-order valence-corrected chi connectivity index (χ3v) is 5.73. The summed E-state index contributed by atoms with van der Waals surface area (Å²) in [6.45, 7) is 2.19. The lowest BCUT2D eigenvalue weighted by Crippen LogP contribution is -2.13. The second kappa shape index (κ2) is 10.5. The maximum atomic E-state index is 12.7. The fraction of sp³-hybridized carbons (Fsp3) is 0.120. The average molecular weight is 472 g/mol. The zero-order chi connectivity index (χ0) is 23.9. The molecule has 2 aromatic heterocycles. The Morgan fingerprint density at radius 2 is 1.88 bits per heavy atom. The number of aromatic nitrogens is 3. The van der Waals surface area contributed by atoms with Crippen molar-refractivity contribution in [2.75, 3.05) is 12.4 Å². The fourth-order valence-corrected chi connectivity index (χ4v) is 3.89. The maximum absolute atomic E-state index is 12.7. The molecule has 0 aliphatic carbocycles. The number of nitriles is 1. The third kappa shape index (κ3) is 5.14. The van der Waals surface area contributed by atoms with Gasteiger partial charge in [-0.1, -0.05) is 41.7 Å². The van der Waals surface area contributed by atoms with E-state index in [0.717, 1.165) is 17.0 Å². The van der Waals surface area contributed by atoms with Gasteiger partial charge in [0, 0.05) is 11.9 Å². The molecule has 4 rings (SSSR count). The molecule has 9 heteroatoms. The molecule has 2 heterocycles. The molecular formula is C25H21N5O3S. The van der Waals surface area contributed by atoms with Crippen molar-refractivity contribution >= 4 is 28.5 Å². The number of carbonyl (C=O) groups is 1. The molecule has 0 radical (unpaired) electrons. The van der Waals surface area contributed by atoms with E-state index in [1.54, 1.807) is 7.11 Å². The number of benzene rings is 2. The molecule has 0 spiro atoms. The number of aryl methyl sites for hydroxylation is 1. The van der Waals surface area contributed by atoms with Gasteiger partial charge >= 0.3 is 0 Å². The smallest absolute Gasteiger partial charge is 0.268 e. The molecule has 8 nitrogen and oxygen atoms in total.